The molecule has 0 aliphatic heterocycles. The van der Waals surface area contributed by atoms with E-state index in [1.165, 1.54) is 42.7 Å². The number of benzene rings is 8. The fraction of sp³-hybridized carbons (Fsp3) is 0. The maximum absolute atomic E-state index is 6.62. The first-order valence-corrected chi connectivity index (χ1v) is 18.0. The van der Waals surface area contributed by atoms with E-state index in [1.54, 1.807) is 11.3 Å². The van der Waals surface area contributed by atoms with Crippen molar-refractivity contribution in [3.63, 3.8) is 0 Å². The van der Waals surface area contributed by atoms with Crippen LogP contribution in [-0.4, -0.2) is 14.5 Å². The van der Waals surface area contributed by atoms with Crippen LogP contribution in [0.25, 0.3) is 114 Å². The van der Waals surface area contributed by atoms with E-state index < -0.39 is 0 Å². The van der Waals surface area contributed by atoms with Crippen LogP contribution in [0.4, 0.5) is 0 Å². The van der Waals surface area contributed by atoms with Gasteiger partial charge in [-0.1, -0.05) is 103 Å². The van der Waals surface area contributed by atoms with Crippen molar-refractivity contribution in [2.75, 3.05) is 0 Å². The van der Waals surface area contributed by atoms with Gasteiger partial charge < -0.3 is 8.98 Å². The van der Waals surface area contributed by atoms with Gasteiger partial charge in [-0.2, -0.15) is 0 Å². The molecule has 236 valence electrons. The summed E-state index contributed by atoms with van der Waals surface area (Å²) in [4.78, 5) is 10.4. The van der Waals surface area contributed by atoms with E-state index in [0.29, 0.717) is 0 Å². The van der Waals surface area contributed by atoms with Crippen LogP contribution in [0.1, 0.15) is 0 Å². The smallest absolute Gasteiger partial charge is 0.160 e. The highest BCUT2D eigenvalue weighted by molar-refractivity contribution is 7.26. The molecule has 12 rings (SSSR count). The molecule has 0 aliphatic rings. The average molecular weight is 668 g/mol. The molecule has 0 spiro atoms. The Morgan fingerprint density at radius 3 is 1.92 bits per heavy atom. The van der Waals surface area contributed by atoms with Crippen LogP contribution in [0.15, 0.2) is 156 Å². The molecule has 0 saturated carbocycles. The number of hydrogen-bond acceptors (Lipinski definition) is 4. The van der Waals surface area contributed by atoms with Crippen LogP contribution < -0.4 is 0 Å². The van der Waals surface area contributed by atoms with Gasteiger partial charge in [0, 0.05) is 48.4 Å². The van der Waals surface area contributed by atoms with Crippen molar-refractivity contribution in [1.29, 1.82) is 0 Å². The van der Waals surface area contributed by atoms with Crippen LogP contribution in [0.3, 0.4) is 0 Å². The number of aromatic nitrogens is 3. The lowest BCUT2D eigenvalue weighted by molar-refractivity contribution is 0.664. The second-order valence-corrected chi connectivity index (χ2v) is 14.4. The van der Waals surface area contributed by atoms with Gasteiger partial charge in [0.25, 0.3) is 0 Å². The molecule has 12 aromatic rings. The highest BCUT2D eigenvalue weighted by atomic mass is 32.1. The van der Waals surface area contributed by atoms with Crippen LogP contribution in [0.2, 0.25) is 0 Å². The molecule has 4 aromatic heterocycles. The molecular weight excluding hydrogens is 643 g/mol. The van der Waals surface area contributed by atoms with Gasteiger partial charge in [-0.3, -0.25) is 0 Å². The summed E-state index contributed by atoms with van der Waals surface area (Å²) < 4.78 is 11.4. The molecule has 0 atom stereocenters. The molecular formula is C46H25N3OS. The zero-order chi connectivity index (χ0) is 33.2. The molecule has 8 aromatic carbocycles. The third-order valence-electron chi connectivity index (χ3n) is 10.5. The van der Waals surface area contributed by atoms with Crippen LogP contribution in [-0.2, 0) is 0 Å². The average Bonchev–Trinajstić information content (AvgIpc) is 3.68. The van der Waals surface area contributed by atoms with Crippen molar-refractivity contribution in [2.24, 2.45) is 0 Å². The van der Waals surface area contributed by atoms with Gasteiger partial charge in [0.2, 0.25) is 0 Å². The SMILES string of the molecule is c1ccc(-c2nc(-c3ccc4cc(-n5c6ccc7cccc8oc9cccc%10ccc5c(c%109)c6c78)ccc4c3)nc3c2sc2ccccc23)cc1. The Labute approximate surface area is 294 Å². The maximum atomic E-state index is 6.62. The predicted octanol–water partition coefficient (Wildman–Crippen LogP) is 12.9. The van der Waals surface area contributed by atoms with Crippen molar-refractivity contribution in [3.05, 3.63) is 152 Å². The van der Waals surface area contributed by atoms with E-state index >= 15 is 0 Å². The summed E-state index contributed by atoms with van der Waals surface area (Å²) in [5.74, 6) is 0.736. The van der Waals surface area contributed by atoms with Crippen LogP contribution in [0, 0.1) is 0 Å². The highest BCUT2D eigenvalue weighted by Gasteiger charge is 2.22. The van der Waals surface area contributed by atoms with Crippen LogP contribution >= 0.6 is 11.3 Å². The maximum Gasteiger partial charge on any atom is 0.160 e. The Balaban J connectivity index is 1.07. The first-order chi connectivity index (χ1) is 25.3. The summed E-state index contributed by atoms with van der Waals surface area (Å²) in [5.41, 5.74) is 9.35. The minimum absolute atomic E-state index is 0.736. The monoisotopic (exact) mass is 667 g/mol. The molecule has 0 unspecified atom stereocenters. The van der Waals surface area contributed by atoms with Gasteiger partial charge in [0.1, 0.15) is 11.2 Å². The number of rotatable bonds is 3. The second kappa shape index (κ2) is 10.0. The molecule has 4 heterocycles. The molecule has 0 saturated heterocycles. The summed E-state index contributed by atoms with van der Waals surface area (Å²) >= 11 is 1.76. The van der Waals surface area contributed by atoms with E-state index in [0.717, 1.165) is 71.3 Å². The fourth-order valence-electron chi connectivity index (χ4n) is 8.27. The summed E-state index contributed by atoms with van der Waals surface area (Å²) in [7, 11) is 0. The lowest BCUT2D eigenvalue weighted by atomic mass is 10.00. The first kappa shape index (κ1) is 27.3. The summed E-state index contributed by atoms with van der Waals surface area (Å²) in [6, 6.07) is 54.0. The molecule has 0 N–H and O–H groups in total. The largest absolute Gasteiger partial charge is 0.456 e. The number of hydrogen-bond donors (Lipinski definition) is 0. The summed E-state index contributed by atoms with van der Waals surface area (Å²) in [6.07, 6.45) is 0. The van der Waals surface area contributed by atoms with E-state index in [-0.39, 0.29) is 0 Å². The van der Waals surface area contributed by atoms with Crippen molar-refractivity contribution in [2.45, 2.75) is 0 Å². The summed E-state index contributed by atoms with van der Waals surface area (Å²) in [5, 5.41) is 10.7. The molecule has 0 radical (unpaired) electrons. The predicted molar refractivity (Wildman–Crippen MR) is 214 cm³/mol. The number of nitrogens with zero attached hydrogens (tertiary/aromatic N) is 3. The zero-order valence-corrected chi connectivity index (χ0v) is 27.9. The van der Waals surface area contributed by atoms with Crippen molar-refractivity contribution < 1.29 is 4.42 Å². The molecule has 4 nitrogen and oxygen atoms in total. The standard InChI is InChI=1S/C46H25N3OS/c1-2-8-28(9-3-1)43-45-44(33-12-4-5-15-38(33)51-45)48-46(47-43)31-17-16-30-25-32(21-18-29(30)24-31)49-34-22-19-26-10-6-13-36-39(26)41(34)42-35(49)23-20-27-11-7-14-37(50-36)40(27)42/h1-25H. The summed E-state index contributed by atoms with van der Waals surface area (Å²) in [6.45, 7) is 0. The highest BCUT2D eigenvalue weighted by Crippen LogP contribution is 2.45. The molecule has 5 heteroatoms. The van der Waals surface area contributed by atoms with Gasteiger partial charge in [-0.15, -0.1) is 11.3 Å². The fourth-order valence-corrected chi connectivity index (χ4v) is 9.42. The second-order valence-electron chi connectivity index (χ2n) is 13.3. The lowest BCUT2D eigenvalue weighted by Crippen LogP contribution is -1.95. The molecule has 51 heavy (non-hydrogen) atoms. The Morgan fingerprint density at radius 1 is 0.490 bits per heavy atom. The van der Waals surface area contributed by atoms with Crippen molar-refractivity contribution >= 4 is 96.9 Å². The third kappa shape index (κ3) is 3.78. The van der Waals surface area contributed by atoms with Crippen LogP contribution in [0.5, 0.6) is 0 Å². The minimum Gasteiger partial charge on any atom is -0.456 e. The Morgan fingerprint density at radius 2 is 1.16 bits per heavy atom. The third-order valence-corrected chi connectivity index (χ3v) is 11.7. The van der Waals surface area contributed by atoms with E-state index in [9.17, 15) is 0 Å². The Kier molecular flexibility index (Phi) is 5.35. The molecule has 0 aliphatic carbocycles. The van der Waals surface area contributed by atoms with E-state index in [2.05, 4.69) is 150 Å². The van der Waals surface area contributed by atoms with Gasteiger partial charge in [0.05, 0.1) is 26.9 Å². The lowest BCUT2D eigenvalue weighted by Gasteiger charge is -2.12. The molecule has 0 bridgehead atoms. The Hall–Kier alpha value is -6.56. The first-order valence-electron chi connectivity index (χ1n) is 17.2. The van der Waals surface area contributed by atoms with Gasteiger partial charge in [-0.25, -0.2) is 9.97 Å². The van der Waals surface area contributed by atoms with Gasteiger partial charge in [0.15, 0.2) is 5.82 Å². The zero-order valence-electron chi connectivity index (χ0n) is 27.1. The molecule has 0 amide bonds. The van der Waals surface area contributed by atoms with Gasteiger partial charge in [-0.05, 0) is 70.1 Å². The quantitative estimate of drug-likeness (QED) is 0.188. The van der Waals surface area contributed by atoms with Crippen molar-refractivity contribution in [3.8, 4) is 28.3 Å². The number of fused-ring (bicyclic) bond motifs is 4. The van der Waals surface area contributed by atoms with E-state index in [1.807, 2.05) is 6.07 Å². The van der Waals surface area contributed by atoms with Gasteiger partial charge >= 0.3 is 0 Å². The number of thiophene rings is 1. The molecule has 0 fully saturated rings. The van der Waals surface area contributed by atoms with E-state index in [4.69, 9.17) is 14.4 Å². The Bertz CT molecular complexity index is 3270. The normalized spacial score (nSPS) is 12.3. The minimum atomic E-state index is 0.736. The topological polar surface area (TPSA) is 43.9 Å². The van der Waals surface area contributed by atoms with Crippen molar-refractivity contribution in [1.82, 2.24) is 14.5 Å².